The van der Waals surface area contributed by atoms with Crippen LogP contribution in [0.3, 0.4) is 0 Å². The number of halogens is 1. The van der Waals surface area contributed by atoms with Crippen molar-refractivity contribution in [3.8, 4) is 11.5 Å². The summed E-state index contributed by atoms with van der Waals surface area (Å²) in [5.41, 5.74) is 6.94. The van der Waals surface area contributed by atoms with Gasteiger partial charge < -0.3 is 20.1 Å². The van der Waals surface area contributed by atoms with E-state index in [0.717, 1.165) is 11.5 Å². The molecule has 5 nitrogen and oxygen atoms in total. The van der Waals surface area contributed by atoms with E-state index in [2.05, 4.69) is 0 Å². The predicted molar refractivity (Wildman–Crippen MR) is 96.0 cm³/mol. The highest BCUT2D eigenvalue weighted by molar-refractivity contribution is 5.94. The number of likely N-dealkylation sites (N-methyl/N-ethyl adjacent to an activating group) is 1. The summed E-state index contributed by atoms with van der Waals surface area (Å²) in [4.78, 5) is 14.4. The number of hydrogen-bond acceptors (Lipinski definition) is 4. The van der Waals surface area contributed by atoms with Gasteiger partial charge in [0.25, 0.3) is 5.91 Å². The maximum absolute atomic E-state index is 12.6. The SMILES string of the molecule is CCN(CC1COc2ccccc2O1)C(=O)c1ccc(N)cc1.Cl. The largest absolute Gasteiger partial charge is 0.486 e. The van der Waals surface area contributed by atoms with Crippen LogP contribution >= 0.6 is 12.4 Å². The van der Waals surface area contributed by atoms with Crippen LogP contribution in [0.15, 0.2) is 48.5 Å². The van der Waals surface area contributed by atoms with Crippen molar-refractivity contribution in [1.29, 1.82) is 0 Å². The molecule has 3 rings (SSSR count). The van der Waals surface area contributed by atoms with Crippen LogP contribution in [0.2, 0.25) is 0 Å². The molecule has 1 unspecified atom stereocenters. The Labute approximate surface area is 147 Å². The summed E-state index contributed by atoms with van der Waals surface area (Å²) < 4.78 is 11.6. The molecule has 6 heteroatoms. The maximum atomic E-state index is 12.6. The Morgan fingerprint density at radius 2 is 1.83 bits per heavy atom. The van der Waals surface area contributed by atoms with Gasteiger partial charge in [0.1, 0.15) is 6.61 Å². The number of anilines is 1. The number of rotatable bonds is 4. The van der Waals surface area contributed by atoms with E-state index < -0.39 is 0 Å². The van der Waals surface area contributed by atoms with Crippen molar-refractivity contribution in [2.24, 2.45) is 0 Å². The number of amides is 1. The van der Waals surface area contributed by atoms with Crippen molar-refractivity contribution < 1.29 is 14.3 Å². The second-order valence-corrected chi connectivity index (χ2v) is 5.46. The molecule has 0 bridgehead atoms. The van der Waals surface area contributed by atoms with Crippen molar-refractivity contribution in [2.75, 3.05) is 25.4 Å². The summed E-state index contributed by atoms with van der Waals surface area (Å²) >= 11 is 0. The van der Waals surface area contributed by atoms with Gasteiger partial charge in [-0.3, -0.25) is 4.79 Å². The van der Waals surface area contributed by atoms with Gasteiger partial charge in [-0.05, 0) is 43.3 Å². The van der Waals surface area contributed by atoms with Crippen molar-refractivity contribution in [3.05, 3.63) is 54.1 Å². The molecular formula is C18H21ClN2O3. The van der Waals surface area contributed by atoms with Crippen molar-refractivity contribution in [1.82, 2.24) is 4.90 Å². The summed E-state index contributed by atoms with van der Waals surface area (Å²) in [7, 11) is 0. The number of nitrogens with zero attached hydrogens (tertiary/aromatic N) is 1. The summed E-state index contributed by atoms with van der Waals surface area (Å²) in [5, 5.41) is 0. The molecule has 2 aromatic carbocycles. The van der Waals surface area contributed by atoms with E-state index in [1.54, 1.807) is 29.2 Å². The van der Waals surface area contributed by atoms with Crippen molar-refractivity contribution >= 4 is 24.0 Å². The summed E-state index contributed by atoms with van der Waals surface area (Å²) in [5.74, 6) is 1.44. The Morgan fingerprint density at radius 3 is 2.50 bits per heavy atom. The molecule has 0 fully saturated rings. The molecule has 0 aromatic heterocycles. The fraction of sp³-hybridized carbons (Fsp3) is 0.278. The third-order valence-electron chi connectivity index (χ3n) is 3.82. The molecule has 0 radical (unpaired) electrons. The number of benzene rings is 2. The maximum Gasteiger partial charge on any atom is 0.253 e. The summed E-state index contributed by atoms with van der Waals surface area (Å²) in [6.07, 6.45) is -0.178. The first kappa shape index (κ1) is 17.9. The Balaban J connectivity index is 0.00000208. The zero-order valence-corrected chi connectivity index (χ0v) is 14.3. The molecule has 0 aliphatic carbocycles. The van der Waals surface area contributed by atoms with E-state index in [1.807, 2.05) is 31.2 Å². The van der Waals surface area contributed by atoms with Gasteiger partial charge in [-0.2, -0.15) is 0 Å². The van der Waals surface area contributed by atoms with Crippen molar-refractivity contribution in [2.45, 2.75) is 13.0 Å². The number of carbonyl (C=O) groups is 1. The van der Waals surface area contributed by atoms with Gasteiger partial charge in [0.05, 0.1) is 6.54 Å². The van der Waals surface area contributed by atoms with Gasteiger partial charge >= 0.3 is 0 Å². The predicted octanol–water partition coefficient (Wildman–Crippen LogP) is 2.99. The van der Waals surface area contributed by atoms with Gasteiger partial charge in [-0.15, -0.1) is 12.4 Å². The zero-order valence-electron chi connectivity index (χ0n) is 13.5. The Morgan fingerprint density at radius 1 is 1.17 bits per heavy atom. The number of carbonyl (C=O) groups excluding carboxylic acids is 1. The second-order valence-electron chi connectivity index (χ2n) is 5.46. The van der Waals surface area contributed by atoms with Gasteiger partial charge in [0, 0.05) is 17.8 Å². The molecule has 1 aliphatic heterocycles. The third kappa shape index (κ3) is 3.92. The highest BCUT2D eigenvalue weighted by Gasteiger charge is 2.25. The fourth-order valence-corrected chi connectivity index (χ4v) is 2.56. The van der Waals surface area contributed by atoms with E-state index in [4.69, 9.17) is 15.2 Å². The van der Waals surface area contributed by atoms with Crippen LogP contribution in [-0.4, -0.2) is 36.6 Å². The topological polar surface area (TPSA) is 64.8 Å². The van der Waals surface area contributed by atoms with Crippen LogP contribution < -0.4 is 15.2 Å². The number of fused-ring (bicyclic) bond motifs is 1. The lowest BCUT2D eigenvalue weighted by molar-refractivity contribution is 0.0475. The highest BCUT2D eigenvalue weighted by atomic mass is 35.5. The van der Waals surface area contributed by atoms with Crippen LogP contribution in [0.1, 0.15) is 17.3 Å². The lowest BCUT2D eigenvalue weighted by Crippen LogP contribution is -2.43. The second kappa shape index (κ2) is 7.93. The van der Waals surface area contributed by atoms with Crippen molar-refractivity contribution in [3.63, 3.8) is 0 Å². The first-order chi connectivity index (χ1) is 11.2. The van der Waals surface area contributed by atoms with Gasteiger partial charge in [-0.1, -0.05) is 12.1 Å². The number of para-hydroxylation sites is 2. The fourth-order valence-electron chi connectivity index (χ4n) is 2.56. The van der Waals surface area contributed by atoms with E-state index in [-0.39, 0.29) is 24.4 Å². The Kier molecular flexibility index (Phi) is 5.93. The van der Waals surface area contributed by atoms with Gasteiger partial charge in [0.15, 0.2) is 17.6 Å². The number of hydrogen-bond donors (Lipinski definition) is 1. The minimum Gasteiger partial charge on any atom is -0.486 e. The van der Waals surface area contributed by atoms with E-state index >= 15 is 0 Å². The minimum atomic E-state index is -0.178. The molecule has 1 aliphatic rings. The first-order valence-corrected chi connectivity index (χ1v) is 7.70. The van der Waals surface area contributed by atoms with Crippen LogP contribution in [0.4, 0.5) is 5.69 Å². The van der Waals surface area contributed by atoms with Crippen LogP contribution in [0.25, 0.3) is 0 Å². The molecule has 2 aromatic rings. The molecule has 24 heavy (non-hydrogen) atoms. The Bertz CT molecular complexity index is 691. The zero-order chi connectivity index (χ0) is 16.2. The summed E-state index contributed by atoms with van der Waals surface area (Å²) in [6, 6.07) is 14.5. The smallest absolute Gasteiger partial charge is 0.253 e. The van der Waals surface area contributed by atoms with Gasteiger partial charge in [0.2, 0.25) is 0 Å². The molecular weight excluding hydrogens is 328 g/mol. The lowest BCUT2D eigenvalue weighted by Gasteiger charge is -2.31. The first-order valence-electron chi connectivity index (χ1n) is 7.70. The standard InChI is InChI=1S/C18H20N2O3.ClH/c1-2-20(18(21)13-7-9-14(19)10-8-13)11-15-12-22-16-5-3-4-6-17(16)23-15;/h3-10,15H,2,11-12,19H2,1H3;1H. The monoisotopic (exact) mass is 348 g/mol. The molecule has 1 amide bonds. The Hall–Kier alpha value is -2.40. The van der Waals surface area contributed by atoms with Crippen LogP contribution in [-0.2, 0) is 0 Å². The van der Waals surface area contributed by atoms with E-state index in [1.165, 1.54) is 0 Å². The summed E-state index contributed by atoms with van der Waals surface area (Å²) in [6.45, 7) is 3.47. The quantitative estimate of drug-likeness (QED) is 0.863. The van der Waals surface area contributed by atoms with Crippen LogP contribution in [0, 0.1) is 0 Å². The third-order valence-corrected chi connectivity index (χ3v) is 3.82. The average Bonchev–Trinajstić information content (AvgIpc) is 2.59. The highest BCUT2D eigenvalue weighted by Crippen LogP contribution is 2.31. The molecule has 1 atom stereocenters. The molecule has 0 spiro atoms. The lowest BCUT2D eigenvalue weighted by atomic mass is 10.1. The molecule has 1 heterocycles. The molecule has 0 saturated carbocycles. The molecule has 128 valence electrons. The van der Waals surface area contributed by atoms with E-state index in [9.17, 15) is 4.79 Å². The van der Waals surface area contributed by atoms with E-state index in [0.29, 0.717) is 30.9 Å². The normalized spacial score (nSPS) is 15.3. The average molecular weight is 349 g/mol. The number of nitrogen functional groups attached to an aromatic ring is 1. The number of nitrogens with two attached hydrogens (primary N) is 1. The number of ether oxygens (including phenoxy) is 2. The van der Waals surface area contributed by atoms with Crippen LogP contribution in [0.5, 0.6) is 11.5 Å². The molecule has 2 N–H and O–H groups in total. The molecule has 0 saturated heterocycles. The van der Waals surface area contributed by atoms with Gasteiger partial charge in [-0.25, -0.2) is 0 Å². The minimum absolute atomic E-state index is 0.